The molecule has 0 heterocycles. The van der Waals surface area contributed by atoms with Crippen LogP contribution in [0.3, 0.4) is 0 Å². The standard InChI is InChI=1S/C29H28O3/c1-19(30)17-31-20(2)18-32-29-15-7-13-25-24(11-6-14-27(25)29)26-12-5-10-23-22-9-4-3-8-21(22)16-28(23)26/h3-15,19-20,30H,16-18H2,1-2H3. The van der Waals surface area contributed by atoms with Gasteiger partial charge in [-0.1, -0.05) is 72.8 Å². The summed E-state index contributed by atoms with van der Waals surface area (Å²) in [4.78, 5) is 0. The average molecular weight is 425 g/mol. The molecule has 0 saturated heterocycles. The lowest BCUT2D eigenvalue weighted by atomic mass is 9.92. The van der Waals surface area contributed by atoms with E-state index in [0.29, 0.717) is 13.2 Å². The van der Waals surface area contributed by atoms with Crippen LogP contribution in [-0.2, 0) is 11.2 Å². The number of rotatable bonds is 7. The Labute approximate surface area is 189 Å². The largest absolute Gasteiger partial charge is 0.490 e. The summed E-state index contributed by atoms with van der Waals surface area (Å²) in [5.41, 5.74) is 8.00. The second kappa shape index (κ2) is 8.78. The highest BCUT2D eigenvalue weighted by molar-refractivity contribution is 6.01. The molecule has 2 unspecified atom stereocenters. The first kappa shape index (κ1) is 20.7. The Morgan fingerprint density at radius 3 is 2.22 bits per heavy atom. The van der Waals surface area contributed by atoms with Gasteiger partial charge in [0.05, 0.1) is 18.8 Å². The van der Waals surface area contributed by atoms with Gasteiger partial charge in [-0.25, -0.2) is 0 Å². The lowest BCUT2D eigenvalue weighted by Crippen LogP contribution is -2.22. The fourth-order valence-corrected chi connectivity index (χ4v) is 4.61. The molecule has 1 aliphatic rings. The van der Waals surface area contributed by atoms with Crippen molar-refractivity contribution in [2.45, 2.75) is 32.5 Å². The van der Waals surface area contributed by atoms with Crippen LogP contribution < -0.4 is 4.74 Å². The third-order valence-corrected chi connectivity index (χ3v) is 6.12. The number of aliphatic hydroxyl groups is 1. The Morgan fingerprint density at radius 1 is 0.719 bits per heavy atom. The Balaban J connectivity index is 1.49. The number of hydrogen-bond acceptors (Lipinski definition) is 3. The molecule has 3 nitrogen and oxygen atoms in total. The van der Waals surface area contributed by atoms with Gasteiger partial charge < -0.3 is 14.6 Å². The zero-order valence-electron chi connectivity index (χ0n) is 18.5. The predicted molar refractivity (Wildman–Crippen MR) is 130 cm³/mol. The average Bonchev–Trinajstić information content (AvgIpc) is 3.20. The van der Waals surface area contributed by atoms with E-state index >= 15 is 0 Å². The lowest BCUT2D eigenvalue weighted by Gasteiger charge is -2.17. The molecule has 0 amide bonds. The summed E-state index contributed by atoms with van der Waals surface area (Å²) in [7, 11) is 0. The van der Waals surface area contributed by atoms with Crippen LogP contribution in [-0.4, -0.2) is 30.5 Å². The Bertz CT molecular complexity index is 1260. The predicted octanol–water partition coefficient (Wildman–Crippen LogP) is 6.24. The maximum atomic E-state index is 9.42. The molecule has 0 radical (unpaired) electrons. The van der Waals surface area contributed by atoms with Gasteiger partial charge in [0, 0.05) is 5.39 Å². The van der Waals surface area contributed by atoms with Crippen LogP contribution in [0.4, 0.5) is 0 Å². The molecule has 0 saturated carbocycles. The van der Waals surface area contributed by atoms with Crippen LogP contribution in [0, 0.1) is 0 Å². The third-order valence-electron chi connectivity index (χ3n) is 6.12. The summed E-state index contributed by atoms with van der Waals surface area (Å²) in [5, 5.41) is 11.7. The first-order valence-electron chi connectivity index (χ1n) is 11.3. The highest BCUT2D eigenvalue weighted by Gasteiger charge is 2.22. The van der Waals surface area contributed by atoms with E-state index in [0.717, 1.165) is 17.6 Å². The fourth-order valence-electron chi connectivity index (χ4n) is 4.61. The molecule has 1 N–H and O–H groups in total. The molecular weight excluding hydrogens is 396 g/mol. The Hall–Kier alpha value is -3.14. The topological polar surface area (TPSA) is 38.7 Å². The van der Waals surface area contributed by atoms with Gasteiger partial charge in [0.25, 0.3) is 0 Å². The molecule has 3 heteroatoms. The molecule has 4 aromatic carbocycles. The van der Waals surface area contributed by atoms with Gasteiger partial charge in [0.15, 0.2) is 0 Å². The highest BCUT2D eigenvalue weighted by atomic mass is 16.5. The summed E-state index contributed by atoms with van der Waals surface area (Å²) >= 11 is 0. The molecule has 5 rings (SSSR count). The minimum absolute atomic E-state index is 0.0982. The van der Waals surface area contributed by atoms with Crippen molar-refractivity contribution in [2.75, 3.05) is 13.2 Å². The maximum Gasteiger partial charge on any atom is 0.127 e. The van der Waals surface area contributed by atoms with E-state index in [1.807, 2.05) is 13.0 Å². The van der Waals surface area contributed by atoms with Crippen molar-refractivity contribution < 1.29 is 14.6 Å². The molecule has 0 spiro atoms. The maximum absolute atomic E-state index is 9.42. The number of aliphatic hydroxyl groups excluding tert-OH is 1. The summed E-state index contributed by atoms with van der Waals surface area (Å²) < 4.78 is 11.8. The van der Waals surface area contributed by atoms with E-state index in [9.17, 15) is 5.11 Å². The number of fused-ring (bicyclic) bond motifs is 4. The zero-order valence-corrected chi connectivity index (χ0v) is 18.5. The summed E-state index contributed by atoms with van der Waals surface area (Å²) in [6.45, 7) is 4.43. The van der Waals surface area contributed by atoms with E-state index in [4.69, 9.17) is 9.47 Å². The third kappa shape index (κ3) is 3.90. The first-order valence-corrected chi connectivity index (χ1v) is 11.3. The Morgan fingerprint density at radius 2 is 1.38 bits per heavy atom. The van der Waals surface area contributed by atoms with Crippen molar-refractivity contribution in [1.82, 2.24) is 0 Å². The molecule has 0 aromatic heterocycles. The molecule has 0 bridgehead atoms. The molecule has 162 valence electrons. The molecule has 0 aliphatic heterocycles. The van der Waals surface area contributed by atoms with Crippen LogP contribution in [0.5, 0.6) is 5.75 Å². The molecule has 0 fully saturated rings. The SMILES string of the molecule is CC(O)COC(C)COc1cccc2c(-c3cccc4c3Cc3ccccc3-4)cccc12. The van der Waals surface area contributed by atoms with Crippen LogP contribution >= 0.6 is 0 Å². The molecule has 4 aromatic rings. The lowest BCUT2D eigenvalue weighted by molar-refractivity contribution is -0.0129. The number of hydrogen-bond donors (Lipinski definition) is 1. The van der Waals surface area contributed by atoms with E-state index in [1.165, 1.54) is 38.8 Å². The highest BCUT2D eigenvalue weighted by Crippen LogP contribution is 2.43. The van der Waals surface area contributed by atoms with Crippen LogP contribution in [0.15, 0.2) is 78.9 Å². The van der Waals surface area contributed by atoms with Gasteiger partial charge >= 0.3 is 0 Å². The van der Waals surface area contributed by atoms with Gasteiger partial charge in [-0.05, 0) is 65.1 Å². The second-order valence-electron chi connectivity index (χ2n) is 8.63. The van der Waals surface area contributed by atoms with E-state index < -0.39 is 6.10 Å². The van der Waals surface area contributed by atoms with E-state index in [1.54, 1.807) is 6.92 Å². The van der Waals surface area contributed by atoms with Gasteiger partial charge in [-0.2, -0.15) is 0 Å². The van der Waals surface area contributed by atoms with Gasteiger partial charge in [-0.3, -0.25) is 0 Å². The second-order valence-corrected chi connectivity index (χ2v) is 8.63. The van der Waals surface area contributed by atoms with Crippen LogP contribution in [0.1, 0.15) is 25.0 Å². The summed E-state index contributed by atoms with van der Waals surface area (Å²) in [5.74, 6) is 0.854. The quantitative estimate of drug-likeness (QED) is 0.336. The monoisotopic (exact) mass is 424 g/mol. The molecule has 2 atom stereocenters. The van der Waals surface area contributed by atoms with Crippen molar-refractivity contribution in [2.24, 2.45) is 0 Å². The number of benzene rings is 4. The number of ether oxygens (including phenoxy) is 2. The normalized spacial score (nSPS) is 14.1. The van der Waals surface area contributed by atoms with Gasteiger partial charge in [-0.15, -0.1) is 0 Å². The zero-order chi connectivity index (χ0) is 22.1. The summed E-state index contributed by atoms with van der Waals surface area (Å²) in [6.07, 6.45) is 0.391. The van der Waals surface area contributed by atoms with Crippen molar-refractivity contribution in [1.29, 1.82) is 0 Å². The molecule has 32 heavy (non-hydrogen) atoms. The van der Waals surface area contributed by atoms with Crippen molar-refractivity contribution >= 4 is 10.8 Å². The van der Waals surface area contributed by atoms with Gasteiger partial charge in [0.2, 0.25) is 0 Å². The summed E-state index contributed by atoms with van der Waals surface area (Å²) in [6, 6.07) is 28.0. The van der Waals surface area contributed by atoms with Crippen LogP contribution in [0.25, 0.3) is 33.0 Å². The fraction of sp³-hybridized carbons (Fsp3) is 0.241. The van der Waals surface area contributed by atoms with Crippen molar-refractivity contribution in [3.05, 3.63) is 90.0 Å². The minimum atomic E-state index is -0.476. The van der Waals surface area contributed by atoms with Crippen LogP contribution in [0.2, 0.25) is 0 Å². The smallest absolute Gasteiger partial charge is 0.127 e. The minimum Gasteiger partial charge on any atom is -0.490 e. The van der Waals surface area contributed by atoms with E-state index in [2.05, 4.69) is 72.8 Å². The molecule has 1 aliphatic carbocycles. The first-order chi connectivity index (χ1) is 15.6. The Kier molecular flexibility index (Phi) is 5.69. The van der Waals surface area contributed by atoms with Crippen molar-refractivity contribution in [3.63, 3.8) is 0 Å². The van der Waals surface area contributed by atoms with Crippen molar-refractivity contribution in [3.8, 4) is 28.0 Å². The van der Waals surface area contributed by atoms with Gasteiger partial charge in [0.1, 0.15) is 12.4 Å². The molecular formula is C29H28O3. The van der Waals surface area contributed by atoms with E-state index in [-0.39, 0.29) is 6.10 Å².